The number of urea groups is 1. The van der Waals surface area contributed by atoms with Gasteiger partial charge in [-0.25, -0.2) is 9.48 Å². The zero-order chi connectivity index (χ0) is 17.9. The Morgan fingerprint density at radius 3 is 2.54 bits per heavy atom. The minimum atomic E-state index is -0.00756. The van der Waals surface area contributed by atoms with Gasteiger partial charge in [0.25, 0.3) is 0 Å². The molecule has 1 saturated heterocycles. The number of amides is 2. The lowest BCUT2D eigenvalue weighted by Crippen LogP contribution is -2.42. The summed E-state index contributed by atoms with van der Waals surface area (Å²) in [6, 6.07) is 5.76. The molecule has 0 atom stereocenters. The van der Waals surface area contributed by atoms with E-state index >= 15 is 0 Å². The molecule has 1 aliphatic heterocycles. The Hall–Kier alpha value is -2.44. The van der Waals surface area contributed by atoms with Gasteiger partial charge < -0.3 is 10.2 Å². The topological polar surface area (TPSA) is 75.9 Å². The van der Waals surface area contributed by atoms with Gasteiger partial charge in [-0.3, -0.25) is 0 Å². The molecular weight excluding hydrogens is 328 g/mol. The molecule has 1 saturated carbocycles. The molecule has 2 heterocycles. The summed E-state index contributed by atoms with van der Waals surface area (Å²) in [7, 11) is 0. The molecule has 0 radical (unpaired) electrons. The molecule has 4 rings (SSSR count). The van der Waals surface area contributed by atoms with Crippen molar-refractivity contribution < 1.29 is 4.79 Å². The summed E-state index contributed by atoms with van der Waals surface area (Å²) in [5.74, 6) is 1.71. The van der Waals surface area contributed by atoms with E-state index < -0.39 is 0 Å². The second-order valence-corrected chi connectivity index (χ2v) is 7.50. The number of carbonyl (C=O) groups excluding carboxylic acids is 1. The maximum atomic E-state index is 12.7. The summed E-state index contributed by atoms with van der Waals surface area (Å²) in [5.41, 5.74) is 2.63. The molecule has 0 spiro atoms. The third-order valence-electron chi connectivity index (χ3n) is 6.04. The predicted octanol–water partition coefficient (Wildman–Crippen LogP) is 3.40. The van der Waals surface area contributed by atoms with Gasteiger partial charge in [0.2, 0.25) is 0 Å². The van der Waals surface area contributed by atoms with Gasteiger partial charge in [0, 0.05) is 18.8 Å². The lowest BCUT2D eigenvalue weighted by Gasteiger charge is -2.35. The smallest absolute Gasteiger partial charge is 0.321 e. The summed E-state index contributed by atoms with van der Waals surface area (Å²) in [4.78, 5) is 14.7. The quantitative estimate of drug-likeness (QED) is 0.916. The molecule has 2 amide bonds. The van der Waals surface area contributed by atoms with Crippen LogP contribution in [0.3, 0.4) is 0 Å². The summed E-state index contributed by atoms with van der Waals surface area (Å²) in [6.45, 7) is 3.69. The number of nitrogens with zero attached hydrogens (tertiary/aromatic N) is 5. The van der Waals surface area contributed by atoms with Crippen LogP contribution in [0.15, 0.2) is 24.5 Å². The highest BCUT2D eigenvalue weighted by Gasteiger charge is 2.30. The first-order valence-corrected chi connectivity index (χ1v) is 9.61. The molecule has 1 aromatic carbocycles. The molecule has 2 aliphatic rings. The SMILES string of the molecule is Cc1c(NC(=O)N2CCC(C3CCCC3)CC2)cccc1-n1cnnn1. The highest BCUT2D eigenvalue weighted by molar-refractivity contribution is 5.90. The van der Waals surface area contributed by atoms with Gasteiger partial charge in [0.05, 0.1) is 5.69 Å². The highest BCUT2D eigenvalue weighted by atomic mass is 16.2. The van der Waals surface area contributed by atoms with Crippen molar-refractivity contribution in [2.24, 2.45) is 11.8 Å². The standard InChI is InChI=1S/C19H26N6O/c1-14-17(7-4-8-18(14)25-13-20-22-23-25)21-19(26)24-11-9-16(10-12-24)15-5-2-3-6-15/h4,7-8,13,15-16H,2-3,5-6,9-12H2,1H3,(H,21,26). The minimum Gasteiger partial charge on any atom is -0.325 e. The first-order chi connectivity index (χ1) is 12.7. The zero-order valence-electron chi connectivity index (χ0n) is 15.3. The summed E-state index contributed by atoms with van der Waals surface area (Å²) >= 11 is 0. The molecule has 0 unspecified atom stereocenters. The fourth-order valence-corrected chi connectivity index (χ4v) is 4.48. The van der Waals surface area contributed by atoms with Crippen LogP contribution >= 0.6 is 0 Å². The lowest BCUT2D eigenvalue weighted by atomic mass is 9.83. The fourth-order valence-electron chi connectivity index (χ4n) is 4.48. The maximum absolute atomic E-state index is 12.7. The van der Waals surface area contributed by atoms with Crippen LogP contribution in [0.25, 0.3) is 5.69 Å². The summed E-state index contributed by atoms with van der Waals surface area (Å²) in [5, 5.41) is 14.4. The molecular formula is C19H26N6O. The highest BCUT2D eigenvalue weighted by Crippen LogP contribution is 2.36. The monoisotopic (exact) mass is 354 g/mol. The van der Waals surface area contributed by atoms with Crippen molar-refractivity contribution in [3.63, 3.8) is 0 Å². The number of rotatable bonds is 3. The number of nitrogens with one attached hydrogen (secondary N) is 1. The Morgan fingerprint density at radius 1 is 1.12 bits per heavy atom. The van der Waals surface area contributed by atoms with E-state index in [1.807, 2.05) is 30.0 Å². The van der Waals surface area contributed by atoms with Crippen LogP contribution in [0.1, 0.15) is 44.1 Å². The van der Waals surface area contributed by atoms with E-state index in [9.17, 15) is 4.79 Å². The average Bonchev–Trinajstić information content (AvgIpc) is 3.37. The van der Waals surface area contributed by atoms with Crippen LogP contribution < -0.4 is 5.32 Å². The molecule has 2 fully saturated rings. The normalized spacial score (nSPS) is 19.0. The van der Waals surface area contributed by atoms with Crippen molar-refractivity contribution in [1.29, 1.82) is 0 Å². The van der Waals surface area contributed by atoms with E-state index in [0.29, 0.717) is 0 Å². The molecule has 26 heavy (non-hydrogen) atoms. The Balaban J connectivity index is 1.39. The number of benzene rings is 1. The van der Waals surface area contributed by atoms with Crippen molar-refractivity contribution in [2.45, 2.75) is 45.4 Å². The second-order valence-electron chi connectivity index (χ2n) is 7.50. The second kappa shape index (κ2) is 7.43. The first-order valence-electron chi connectivity index (χ1n) is 9.61. The molecule has 7 nitrogen and oxygen atoms in total. The zero-order valence-corrected chi connectivity index (χ0v) is 15.3. The molecule has 2 aromatic rings. The Morgan fingerprint density at radius 2 is 1.85 bits per heavy atom. The van der Waals surface area contributed by atoms with Crippen molar-refractivity contribution >= 4 is 11.7 Å². The third kappa shape index (κ3) is 3.43. The summed E-state index contributed by atoms with van der Waals surface area (Å²) < 4.78 is 1.61. The number of carbonyl (C=O) groups is 1. The van der Waals surface area contributed by atoms with Gasteiger partial charge in [-0.05, 0) is 59.7 Å². The number of hydrogen-bond donors (Lipinski definition) is 1. The van der Waals surface area contributed by atoms with Crippen LogP contribution in [0.5, 0.6) is 0 Å². The Bertz CT molecular complexity index is 745. The summed E-state index contributed by atoms with van der Waals surface area (Å²) in [6.07, 6.45) is 9.40. The van der Waals surface area contributed by atoms with Gasteiger partial charge >= 0.3 is 6.03 Å². The van der Waals surface area contributed by atoms with Crippen LogP contribution in [-0.4, -0.2) is 44.2 Å². The van der Waals surface area contributed by atoms with Crippen LogP contribution in [0.4, 0.5) is 10.5 Å². The van der Waals surface area contributed by atoms with E-state index in [4.69, 9.17) is 0 Å². The van der Waals surface area contributed by atoms with Gasteiger partial charge in [-0.1, -0.05) is 31.7 Å². The van der Waals surface area contributed by atoms with Gasteiger partial charge in [-0.2, -0.15) is 0 Å². The van der Waals surface area contributed by atoms with Gasteiger partial charge in [0.15, 0.2) is 0 Å². The van der Waals surface area contributed by atoms with Crippen LogP contribution in [0, 0.1) is 18.8 Å². The van der Waals surface area contributed by atoms with E-state index in [1.54, 1.807) is 11.0 Å². The predicted molar refractivity (Wildman–Crippen MR) is 99.2 cm³/mol. The molecule has 1 N–H and O–H groups in total. The van der Waals surface area contributed by atoms with E-state index in [-0.39, 0.29) is 6.03 Å². The average molecular weight is 354 g/mol. The van der Waals surface area contributed by atoms with E-state index in [2.05, 4.69) is 20.8 Å². The minimum absolute atomic E-state index is 0.00756. The van der Waals surface area contributed by atoms with Gasteiger partial charge in [-0.15, -0.1) is 5.10 Å². The number of hydrogen-bond acceptors (Lipinski definition) is 4. The lowest BCUT2D eigenvalue weighted by molar-refractivity contribution is 0.160. The van der Waals surface area contributed by atoms with Crippen LogP contribution in [-0.2, 0) is 0 Å². The first kappa shape index (κ1) is 17.0. The fraction of sp³-hybridized carbons (Fsp3) is 0.579. The van der Waals surface area contributed by atoms with Crippen molar-refractivity contribution in [1.82, 2.24) is 25.1 Å². The van der Waals surface area contributed by atoms with E-state index in [1.165, 1.54) is 25.7 Å². The Kier molecular flexibility index (Phi) is 4.86. The maximum Gasteiger partial charge on any atom is 0.321 e. The van der Waals surface area contributed by atoms with E-state index in [0.717, 1.165) is 54.7 Å². The molecule has 1 aromatic heterocycles. The molecule has 7 heteroatoms. The number of likely N-dealkylation sites (tertiary alicyclic amines) is 1. The largest absolute Gasteiger partial charge is 0.325 e. The number of anilines is 1. The third-order valence-corrected chi connectivity index (χ3v) is 6.04. The number of aromatic nitrogens is 4. The van der Waals surface area contributed by atoms with Crippen molar-refractivity contribution in [2.75, 3.05) is 18.4 Å². The van der Waals surface area contributed by atoms with Crippen molar-refractivity contribution in [3.8, 4) is 5.69 Å². The molecule has 0 bridgehead atoms. The number of tetrazole rings is 1. The molecule has 138 valence electrons. The van der Waals surface area contributed by atoms with Crippen LogP contribution in [0.2, 0.25) is 0 Å². The molecule has 1 aliphatic carbocycles. The number of piperidine rings is 1. The Labute approximate surface area is 153 Å². The van der Waals surface area contributed by atoms with Crippen molar-refractivity contribution in [3.05, 3.63) is 30.1 Å². The van der Waals surface area contributed by atoms with Gasteiger partial charge in [0.1, 0.15) is 6.33 Å².